The third-order valence-electron chi connectivity index (χ3n) is 1.76. The quantitative estimate of drug-likeness (QED) is 0.713. The zero-order chi connectivity index (χ0) is 10.7. The van der Waals surface area contributed by atoms with Crippen molar-refractivity contribution in [2.45, 2.75) is 12.3 Å². The number of rotatable bonds is 4. The van der Waals surface area contributed by atoms with Crippen LogP contribution < -0.4 is 0 Å². The third kappa shape index (κ3) is 2.32. The number of aryl methyl sites for hydroxylation is 1. The lowest BCUT2D eigenvalue weighted by molar-refractivity contribution is -0.145. The fourth-order valence-corrected chi connectivity index (χ4v) is 1.11. The van der Waals surface area contributed by atoms with Crippen LogP contribution in [0, 0.1) is 0 Å². The van der Waals surface area contributed by atoms with Crippen molar-refractivity contribution in [1.82, 2.24) is 9.55 Å². The van der Waals surface area contributed by atoms with Crippen LogP contribution in [0.1, 0.15) is 18.0 Å². The molecule has 0 fully saturated rings. The molecule has 0 saturated heterocycles. The molecule has 1 rings (SSSR count). The Balaban J connectivity index is 2.88. The Labute approximate surface area is 79.8 Å². The van der Waals surface area contributed by atoms with Crippen molar-refractivity contribution in [1.29, 1.82) is 0 Å². The highest BCUT2D eigenvalue weighted by atomic mass is 16.4. The van der Waals surface area contributed by atoms with Gasteiger partial charge in [0.15, 0.2) is 0 Å². The molecule has 1 aromatic rings. The maximum atomic E-state index is 10.7. The predicted octanol–water partition coefficient (Wildman–Crippen LogP) is 0.0630. The maximum absolute atomic E-state index is 10.7. The Kier molecular flexibility index (Phi) is 2.85. The first-order valence-electron chi connectivity index (χ1n) is 3.93. The summed E-state index contributed by atoms with van der Waals surface area (Å²) in [6.07, 6.45) is 2.49. The van der Waals surface area contributed by atoms with Gasteiger partial charge in [-0.15, -0.1) is 0 Å². The number of carboxylic acids is 2. The number of aliphatic carboxylic acids is 2. The van der Waals surface area contributed by atoms with E-state index in [0.29, 0.717) is 0 Å². The highest BCUT2D eigenvalue weighted by molar-refractivity contribution is 5.81. The minimum atomic E-state index is -1.17. The van der Waals surface area contributed by atoms with Crippen molar-refractivity contribution in [3.8, 4) is 0 Å². The molecule has 1 atom stereocenters. The molecule has 6 heteroatoms. The van der Waals surface area contributed by atoms with E-state index in [9.17, 15) is 9.59 Å². The Morgan fingerprint density at radius 1 is 1.57 bits per heavy atom. The molecule has 0 radical (unpaired) electrons. The summed E-state index contributed by atoms with van der Waals surface area (Å²) in [5.41, 5.74) is 0.266. The van der Waals surface area contributed by atoms with Gasteiger partial charge in [0.05, 0.1) is 18.4 Å². The van der Waals surface area contributed by atoms with Crippen LogP contribution in [-0.4, -0.2) is 31.7 Å². The van der Waals surface area contributed by atoms with Crippen LogP contribution in [0.5, 0.6) is 0 Å². The molecule has 0 aliphatic heterocycles. The van der Waals surface area contributed by atoms with Crippen molar-refractivity contribution in [3.63, 3.8) is 0 Å². The molecule has 0 saturated carbocycles. The molecule has 0 aliphatic rings. The molecule has 2 N–H and O–H groups in total. The third-order valence-corrected chi connectivity index (χ3v) is 1.76. The summed E-state index contributed by atoms with van der Waals surface area (Å²) in [6.45, 7) is 0. The average Bonchev–Trinajstić information content (AvgIpc) is 2.46. The van der Waals surface area contributed by atoms with E-state index in [4.69, 9.17) is 10.2 Å². The minimum Gasteiger partial charge on any atom is -0.481 e. The monoisotopic (exact) mass is 198 g/mol. The molecule has 1 aromatic heterocycles. The number of aromatic nitrogens is 2. The van der Waals surface area contributed by atoms with E-state index in [2.05, 4.69) is 4.98 Å². The minimum absolute atomic E-state index is 0.266. The van der Waals surface area contributed by atoms with Crippen LogP contribution in [0.15, 0.2) is 12.5 Å². The summed E-state index contributed by atoms with van der Waals surface area (Å²) in [7, 11) is 1.69. The molecule has 76 valence electrons. The Morgan fingerprint density at radius 3 is 2.57 bits per heavy atom. The summed E-state index contributed by atoms with van der Waals surface area (Å²) in [6, 6.07) is 0. The normalized spacial score (nSPS) is 12.4. The summed E-state index contributed by atoms with van der Waals surface area (Å²) >= 11 is 0. The lowest BCUT2D eigenvalue weighted by atomic mass is 10.0. The maximum Gasteiger partial charge on any atom is 0.313 e. The Hall–Kier alpha value is -1.85. The molecule has 0 spiro atoms. The molecule has 1 unspecified atom stereocenters. The standard InChI is InChI=1S/C8H10N2O4/c1-10-3-6(9-4-10)5(8(13)14)2-7(11)12/h3-5H,2H2,1H3,(H,11,12)(H,13,14). The van der Waals surface area contributed by atoms with Gasteiger partial charge < -0.3 is 14.8 Å². The van der Waals surface area contributed by atoms with Crippen molar-refractivity contribution in [2.24, 2.45) is 7.05 Å². The van der Waals surface area contributed by atoms with E-state index >= 15 is 0 Å². The number of hydrogen-bond acceptors (Lipinski definition) is 3. The van der Waals surface area contributed by atoms with Gasteiger partial charge in [-0.05, 0) is 0 Å². The van der Waals surface area contributed by atoms with Crippen molar-refractivity contribution in [3.05, 3.63) is 18.2 Å². The number of imidazole rings is 1. The van der Waals surface area contributed by atoms with Crippen LogP contribution in [0.4, 0.5) is 0 Å². The zero-order valence-corrected chi connectivity index (χ0v) is 7.54. The summed E-state index contributed by atoms with van der Waals surface area (Å²) in [5, 5.41) is 17.3. The van der Waals surface area contributed by atoms with Gasteiger partial charge in [-0.2, -0.15) is 0 Å². The van der Waals surface area contributed by atoms with Gasteiger partial charge in [-0.25, -0.2) is 4.98 Å². The van der Waals surface area contributed by atoms with Gasteiger partial charge in [-0.3, -0.25) is 9.59 Å². The number of carbonyl (C=O) groups is 2. The molecule has 0 bridgehead atoms. The van der Waals surface area contributed by atoms with Crippen LogP contribution in [0.2, 0.25) is 0 Å². The molecule has 0 amide bonds. The number of carboxylic acid groups (broad SMARTS) is 2. The summed E-state index contributed by atoms with van der Waals surface area (Å²) in [4.78, 5) is 24.9. The average molecular weight is 198 g/mol. The van der Waals surface area contributed by atoms with Crippen LogP contribution in [0.3, 0.4) is 0 Å². The summed E-state index contributed by atoms with van der Waals surface area (Å²) in [5.74, 6) is -3.40. The Bertz CT molecular complexity index is 358. The van der Waals surface area contributed by atoms with Gasteiger partial charge in [-0.1, -0.05) is 0 Å². The molecule has 1 heterocycles. The van der Waals surface area contributed by atoms with E-state index in [0.717, 1.165) is 0 Å². The van der Waals surface area contributed by atoms with E-state index in [1.54, 1.807) is 11.6 Å². The molecule has 0 aromatic carbocycles. The molecular weight excluding hydrogens is 188 g/mol. The molecular formula is C8H10N2O4. The SMILES string of the molecule is Cn1cnc(C(CC(=O)O)C(=O)O)c1. The van der Waals surface area contributed by atoms with Gasteiger partial charge in [0.25, 0.3) is 0 Å². The van der Waals surface area contributed by atoms with Crippen LogP contribution in [-0.2, 0) is 16.6 Å². The van der Waals surface area contributed by atoms with Crippen molar-refractivity contribution in [2.75, 3.05) is 0 Å². The van der Waals surface area contributed by atoms with Crippen molar-refractivity contribution >= 4 is 11.9 Å². The number of nitrogens with zero attached hydrogens (tertiary/aromatic N) is 2. The second kappa shape index (κ2) is 3.91. The van der Waals surface area contributed by atoms with E-state index in [1.165, 1.54) is 12.5 Å². The van der Waals surface area contributed by atoms with E-state index in [-0.39, 0.29) is 5.69 Å². The summed E-state index contributed by atoms with van der Waals surface area (Å²) < 4.78 is 1.58. The molecule has 0 aliphatic carbocycles. The van der Waals surface area contributed by atoms with E-state index < -0.39 is 24.3 Å². The fourth-order valence-electron chi connectivity index (χ4n) is 1.11. The van der Waals surface area contributed by atoms with Crippen molar-refractivity contribution < 1.29 is 19.8 Å². The second-order valence-electron chi connectivity index (χ2n) is 2.95. The lowest BCUT2D eigenvalue weighted by Crippen LogP contribution is -2.16. The smallest absolute Gasteiger partial charge is 0.313 e. The predicted molar refractivity (Wildman–Crippen MR) is 45.8 cm³/mol. The van der Waals surface area contributed by atoms with Gasteiger partial charge >= 0.3 is 11.9 Å². The first kappa shape index (κ1) is 10.2. The zero-order valence-electron chi connectivity index (χ0n) is 7.54. The second-order valence-corrected chi connectivity index (χ2v) is 2.95. The molecule has 14 heavy (non-hydrogen) atoms. The number of hydrogen-bond donors (Lipinski definition) is 2. The fraction of sp³-hybridized carbons (Fsp3) is 0.375. The highest BCUT2D eigenvalue weighted by Crippen LogP contribution is 2.17. The van der Waals surface area contributed by atoms with Gasteiger partial charge in [0.2, 0.25) is 0 Å². The van der Waals surface area contributed by atoms with Crippen LogP contribution in [0.25, 0.3) is 0 Å². The largest absolute Gasteiger partial charge is 0.481 e. The highest BCUT2D eigenvalue weighted by Gasteiger charge is 2.24. The van der Waals surface area contributed by atoms with Gasteiger partial charge in [0, 0.05) is 13.2 Å². The topological polar surface area (TPSA) is 92.4 Å². The first-order chi connectivity index (χ1) is 6.50. The van der Waals surface area contributed by atoms with Crippen LogP contribution >= 0.6 is 0 Å². The van der Waals surface area contributed by atoms with Gasteiger partial charge in [0.1, 0.15) is 5.92 Å². The lowest BCUT2D eigenvalue weighted by Gasteiger charge is -2.05. The first-order valence-corrected chi connectivity index (χ1v) is 3.93. The molecule has 6 nitrogen and oxygen atoms in total. The van der Waals surface area contributed by atoms with E-state index in [1.807, 2.05) is 0 Å². The Morgan fingerprint density at radius 2 is 2.21 bits per heavy atom.